The van der Waals surface area contributed by atoms with Gasteiger partial charge in [0.25, 0.3) is 0 Å². The average molecular weight is 263 g/mol. The molecule has 1 aromatic rings. The first-order valence-corrected chi connectivity index (χ1v) is 7.48. The van der Waals surface area contributed by atoms with E-state index in [0.717, 1.165) is 42.7 Å². The smallest absolute Gasteiger partial charge is 0.221 e. The summed E-state index contributed by atoms with van der Waals surface area (Å²) in [7, 11) is 0. The molecular weight excluding hydrogens is 238 g/mol. The molecule has 19 heavy (non-hydrogen) atoms. The van der Waals surface area contributed by atoms with Crippen molar-refractivity contribution < 1.29 is 4.74 Å². The van der Waals surface area contributed by atoms with Crippen molar-refractivity contribution in [2.24, 2.45) is 5.92 Å². The van der Waals surface area contributed by atoms with Crippen molar-refractivity contribution >= 4 is 5.82 Å². The number of hydrogen-bond donors (Lipinski definition) is 1. The summed E-state index contributed by atoms with van der Waals surface area (Å²) in [6.07, 6.45) is 6.12. The summed E-state index contributed by atoms with van der Waals surface area (Å²) in [6, 6.07) is 0. The first-order valence-electron chi connectivity index (χ1n) is 7.48. The van der Waals surface area contributed by atoms with Gasteiger partial charge in [0.15, 0.2) is 0 Å². The summed E-state index contributed by atoms with van der Waals surface area (Å²) in [4.78, 5) is 9.04. The van der Waals surface area contributed by atoms with E-state index in [0.29, 0.717) is 5.92 Å². The van der Waals surface area contributed by atoms with Crippen molar-refractivity contribution in [2.45, 2.75) is 52.9 Å². The summed E-state index contributed by atoms with van der Waals surface area (Å²) in [5.41, 5.74) is 1.03. The van der Waals surface area contributed by atoms with Gasteiger partial charge in [0.05, 0.1) is 12.2 Å². The summed E-state index contributed by atoms with van der Waals surface area (Å²) in [5, 5.41) is 3.29. The molecule has 0 saturated heterocycles. The molecule has 1 saturated carbocycles. The van der Waals surface area contributed by atoms with E-state index in [9.17, 15) is 0 Å². The minimum atomic E-state index is 0.710. The SMILES string of the molecule is CCNc1nc(CC)nc(OCC2CCCC2)c1C. The Labute approximate surface area is 116 Å². The Balaban J connectivity index is 2.10. The predicted octanol–water partition coefficient (Wildman–Crippen LogP) is 3.35. The zero-order valence-electron chi connectivity index (χ0n) is 12.3. The second-order valence-electron chi connectivity index (χ2n) is 5.26. The van der Waals surface area contributed by atoms with Crippen LogP contribution in [0.2, 0.25) is 0 Å². The van der Waals surface area contributed by atoms with Crippen LogP contribution in [0.3, 0.4) is 0 Å². The van der Waals surface area contributed by atoms with E-state index in [1.54, 1.807) is 0 Å². The maximum Gasteiger partial charge on any atom is 0.221 e. The number of aromatic nitrogens is 2. The Morgan fingerprint density at radius 2 is 1.95 bits per heavy atom. The van der Waals surface area contributed by atoms with Gasteiger partial charge in [-0.3, -0.25) is 0 Å². The van der Waals surface area contributed by atoms with Crippen LogP contribution in [0.15, 0.2) is 0 Å². The van der Waals surface area contributed by atoms with Crippen LogP contribution in [0.25, 0.3) is 0 Å². The number of ether oxygens (including phenoxy) is 1. The van der Waals surface area contributed by atoms with Crippen LogP contribution >= 0.6 is 0 Å². The molecule has 4 nitrogen and oxygen atoms in total. The maximum atomic E-state index is 5.96. The van der Waals surface area contributed by atoms with Gasteiger partial charge < -0.3 is 10.1 Å². The molecule has 0 aromatic carbocycles. The fourth-order valence-electron chi connectivity index (χ4n) is 2.55. The van der Waals surface area contributed by atoms with Gasteiger partial charge in [0.1, 0.15) is 11.6 Å². The molecular formula is C15H25N3O. The molecule has 1 N–H and O–H groups in total. The first kappa shape index (κ1) is 14.1. The van der Waals surface area contributed by atoms with E-state index in [-0.39, 0.29) is 0 Å². The largest absolute Gasteiger partial charge is 0.477 e. The minimum absolute atomic E-state index is 0.710. The van der Waals surface area contributed by atoms with E-state index in [1.165, 1.54) is 25.7 Å². The van der Waals surface area contributed by atoms with Crippen LogP contribution in [0.1, 0.15) is 50.9 Å². The van der Waals surface area contributed by atoms with Gasteiger partial charge in [-0.2, -0.15) is 4.98 Å². The fourth-order valence-corrected chi connectivity index (χ4v) is 2.55. The first-order chi connectivity index (χ1) is 9.24. The van der Waals surface area contributed by atoms with Crippen molar-refractivity contribution in [1.29, 1.82) is 0 Å². The van der Waals surface area contributed by atoms with Crippen molar-refractivity contribution in [3.63, 3.8) is 0 Å². The van der Waals surface area contributed by atoms with Gasteiger partial charge in [-0.05, 0) is 32.6 Å². The number of nitrogens with zero attached hydrogens (tertiary/aromatic N) is 2. The molecule has 1 aliphatic carbocycles. The molecule has 0 atom stereocenters. The number of hydrogen-bond acceptors (Lipinski definition) is 4. The molecule has 0 aliphatic heterocycles. The van der Waals surface area contributed by atoms with Gasteiger partial charge in [-0.1, -0.05) is 19.8 Å². The van der Waals surface area contributed by atoms with Crippen molar-refractivity contribution in [3.05, 3.63) is 11.4 Å². The number of aryl methyl sites for hydroxylation is 1. The molecule has 1 aliphatic rings. The molecule has 1 aromatic heterocycles. The van der Waals surface area contributed by atoms with Crippen LogP contribution in [-0.4, -0.2) is 23.1 Å². The molecule has 0 spiro atoms. The summed E-state index contributed by atoms with van der Waals surface area (Å²) in [6.45, 7) is 7.84. The molecule has 2 rings (SSSR count). The quantitative estimate of drug-likeness (QED) is 0.855. The third-order valence-electron chi connectivity index (χ3n) is 3.74. The van der Waals surface area contributed by atoms with Crippen LogP contribution in [0.4, 0.5) is 5.82 Å². The zero-order valence-corrected chi connectivity index (χ0v) is 12.3. The molecule has 0 bridgehead atoms. The highest BCUT2D eigenvalue weighted by atomic mass is 16.5. The minimum Gasteiger partial charge on any atom is -0.477 e. The van der Waals surface area contributed by atoms with Gasteiger partial charge in [-0.25, -0.2) is 4.98 Å². The predicted molar refractivity (Wildman–Crippen MR) is 77.8 cm³/mol. The zero-order chi connectivity index (χ0) is 13.7. The number of anilines is 1. The van der Waals surface area contributed by atoms with Gasteiger partial charge in [0.2, 0.25) is 5.88 Å². The lowest BCUT2D eigenvalue weighted by Crippen LogP contribution is -2.13. The number of nitrogens with one attached hydrogen (secondary N) is 1. The highest BCUT2D eigenvalue weighted by Crippen LogP contribution is 2.27. The normalized spacial score (nSPS) is 15.7. The molecule has 1 fully saturated rings. The molecule has 0 unspecified atom stereocenters. The van der Waals surface area contributed by atoms with Crippen molar-refractivity contribution in [3.8, 4) is 5.88 Å². The summed E-state index contributed by atoms with van der Waals surface area (Å²) in [5.74, 6) is 3.23. The Hall–Kier alpha value is -1.32. The van der Waals surface area contributed by atoms with E-state index < -0.39 is 0 Å². The lowest BCUT2D eigenvalue weighted by molar-refractivity contribution is 0.241. The van der Waals surface area contributed by atoms with E-state index in [1.807, 2.05) is 6.92 Å². The summed E-state index contributed by atoms with van der Waals surface area (Å²) < 4.78 is 5.96. The molecule has 0 radical (unpaired) electrons. The molecule has 1 heterocycles. The van der Waals surface area contributed by atoms with Crippen LogP contribution in [0.5, 0.6) is 5.88 Å². The second-order valence-corrected chi connectivity index (χ2v) is 5.26. The lowest BCUT2D eigenvalue weighted by atomic mass is 10.1. The Bertz CT molecular complexity index is 414. The molecule has 4 heteroatoms. The van der Waals surface area contributed by atoms with E-state index in [2.05, 4.69) is 29.1 Å². The number of rotatable bonds is 6. The van der Waals surface area contributed by atoms with Crippen molar-refractivity contribution in [1.82, 2.24) is 9.97 Å². The third-order valence-corrected chi connectivity index (χ3v) is 3.74. The topological polar surface area (TPSA) is 47.0 Å². The average Bonchev–Trinajstić information content (AvgIpc) is 2.93. The highest BCUT2D eigenvalue weighted by Gasteiger charge is 2.17. The third kappa shape index (κ3) is 3.58. The molecule has 0 amide bonds. The summed E-state index contributed by atoms with van der Waals surface area (Å²) >= 11 is 0. The molecule has 106 valence electrons. The maximum absolute atomic E-state index is 5.96. The van der Waals surface area contributed by atoms with Crippen LogP contribution in [0, 0.1) is 12.8 Å². The highest BCUT2D eigenvalue weighted by molar-refractivity contribution is 5.48. The van der Waals surface area contributed by atoms with E-state index >= 15 is 0 Å². The fraction of sp³-hybridized carbons (Fsp3) is 0.733. The monoisotopic (exact) mass is 263 g/mol. The van der Waals surface area contributed by atoms with Crippen LogP contribution in [-0.2, 0) is 6.42 Å². The second kappa shape index (κ2) is 6.73. The van der Waals surface area contributed by atoms with Crippen molar-refractivity contribution in [2.75, 3.05) is 18.5 Å². The Morgan fingerprint density at radius 1 is 1.21 bits per heavy atom. The standard InChI is InChI=1S/C15H25N3O/c1-4-13-17-14(16-5-2)11(3)15(18-13)19-10-12-8-6-7-9-12/h12H,4-10H2,1-3H3,(H,16,17,18). The Kier molecular flexibility index (Phi) is 5.00. The van der Waals surface area contributed by atoms with Gasteiger partial charge in [-0.15, -0.1) is 0 Å². The Morgan fingerprint density at radius 3 is 2.58 bits per heavy atom. The van der Waals surface area contributed by atoms with E-state index in [4.69, 9.17) is 4.74 Å². The van der Waals surface area contributed by atoms with Gasteiger partial charge in [0, 0.05) is 13.0 Å². The van der Waals surface area contributed by atoms with Crippen LogP contribution < -0.4 is 10.1 Å². The lowest BCUT2D eigenvalue weighted by Gasteiger charge is -2.15. The van der Waals surface area contributed by atoms with Gasteiger partial charge >= 0.3 is 0 Å².